The van der Waals surface area contributed by atoms with Crippen molar-refractivity contribution in [1.82, 2.24) is 4.90 Å². The van der Waals surface area contributed by atoms with Gasteiger partial charge < -0.3 is 19.7 Å². The maximum Gasteiger partial charge on any atom is 0.262 e. The highest BCUT2D eigenvalue weighted by atomic mass is 32.1. The third kappa shape index (κ3) is 5.00. The van der Waals surface area contributed by atoms with Gasteiger partial charge in [-0.25, -0.2) is 0 Å². The molecule has 0 aliphatic carbocycles. The van der Waals surface area contributed by atoms with Crippen molar-refractivity contribution in [2.75, 3.05) is 38.2 Å². The van der Waals surface area contributed by atoms with Crippen LogP contribution in [0.15, 0.2) is 54.6 Å². The number of amides is 2. The first kappa shape index (κ1) is 22.0. The Morgan fingerprint density at radius 2 is 1.72 bits per heavy atom. The van der Waals surface area contributed by atoms with Crippen molar-refractivity contribution < 1.29 is 19.1 Å². The lowest BCUT2D eigenvalue weighted by atomic mass is 10.1. The van der Waals surface area contributed by atoms with Gasteiger partial charge in [0.2, 0.25) is 0 Å². The molecule has 0 bridgehead atoms. The zero-order valence-electron chi connectivity index (χ0n) is 18.2. The fourth-order valence-corrected chi connectivity index (χ4v) is 4.82. The number of nitrogens with one attached hydrogen (secondary N) is 1. The number of carbonyl (C=O) groups excluding carboxylic acids is 2. The monoisotopic (exact) mass is 450 g/mol. The summed E-state index contributed by atoms with van der Waals surface area (Å²) < 4.78 is 11.0. The number of aryl methyl sites for hydroxylation is 1. The van der Waals surface area contributed by atoms with E-state index >= 15 is 0 Å². The number of benzene rings is 2. The molecule has 2 aromatic carbocycles. The summed E-state index contributed by atoms with van der Waals surface area (Å²) in [4.78, 5) is 28.8. The van der Waals surface area contributed by atoms with Gasteiger partial charge in [0.15, 0.2) is 6.61 Å². The summed E-state index contributed by atoms with van der Waals surface area (Å²) in [5.41, 5.74) is 3.55. The van der Waals surface area contributed by atoms with Crippen LogP contribution in [0, 0.1) is 13.8 Å². The summed E-state index contributed by atoms with van der Waals surface area (Å²) in [6.07, 6.45) is 0. The lowest BCUT2D eigenvalue weighted by molar-refractivity contribution is -0.118. The quantitative estimate of drug-likeness (QED) is 0.600. The van der Waals surface area contributed by atoms with Gasteiger partial charge in [-0.15, -0.1) is 11.3 Å². The highest BCUT2D eigenvalue weighted by molar-refractivity contribution is 7.20. The average molecular weight is 451 g/mol. The average Bonchev–Trinajstić information content (AvgIpc) is 3.14. The molecule has 3 aromatic rings. The minimum atomic E-state index is -0.303. The number of hydrogen-bond donors (Lipinski definition) is 1. The Bertz CT molecular complexity index is 1090. The van der Waals surface area contributed by atoms with Crippen molar-refractivity contribution in [3.05, 3.63) is 71.3 Å². The minimum absolute atomic E-state index is 0.0843. The summed E-state index contributed by atoms with van der Waals surface area (Å²) in [7, 11) is 0. The lowest BCUT2D eigenvalue weighted by Gasteiger charge is -2.27. The Labute approximate surface area is 191 Å². The van der Waals surface area contributed by atoms with Crippen LogP contribution < -0.4 is 10.1 Å². The third-order valence-electron chi connectivity index (χ3n) is 5.34. The Balaban J connectivity index is 1.58. The molecule has 1 aliphatic heterocycles. The number of nitrogens with zero attached hydrogens (tertiary/aromatic N) is 1. The number of rotatable bonds is 6. The lowest BCUT2D eigenvalue weighted by Crippen LogP contribution is -2.41. The number of morpholine rings is 1. The van der Waals surface area contributed by atoms with Crippen molar-refractivity contribution in [3.63, 3.8) is 0 Å². The van der Waals surface area contributed by atoms with Crippen LogP contribution in [0.4, 0.5) is 5.00 Å². The van der Waals surface area contributed by atoms with E-state index < -0.39 is 0 Å². The van der Waals surface area contributed by atoms with Crippen LogP contribution in [0.1, 0.15) is 21.5 Å². The van der Waals surface area contributed by atoms with Gasteiger partial charge in [0, 0.05) is 18.0 Å². The maximum absolute atomic E-state index is 13.4. The molecule has 0 radical (unpaired) electrons. The molecule has 1 N–H and O–H groups in total. The molecule has 0 saturated carbocycles. The Hall–Kier alpha value is -3.16. The predicted octanol–water partition coefficient (Wildman–Crippen LogP) is 4.52. The van der Waals surface area contributed by atoms with Gasteiger partial charge in [-0.1, -0.05) is 48.0 Å². The molecule has 1 fully saturated rings. The number of anilines is 1. The number of carbonyl (C=O) groups is 2. The molecule has 0 spiro atoms. The smallest absolute Gasteiger partial charge is 0.262 e. The zero-order chi connectivity index (χ0) is 22.5. The second kappa shape index (κ2) is 9.97. The standard InChI is InChI=1S/C25H26N2O4S/c1-17-8-10-20(11-9-17)31-16-21(28)26-24-22(25(29)27-12-14-30-15-13-27)18(2)23(32-24)19-6-4-3-5-7-19/h3-11H,12-16H2,1-2H3,(H,26,28). The Morgan fingerprint density at radius 3 is 2.41 bits per heavy atom. The molecule has 0 atom stereocenters. The van der Waals surface area contributed by atoms with Crippen molar-refractivity contribution in [1.29, 1.82) is 0 Å². The topological polar surface area (TPSA) is 67.9 Å². The van der Waals surface area contributed by atoms with E-state index in [0.717, 1.165) is 21.6 Å². The van der Waals surface area contributed by atoms with Crippen LogP contribution in [-0.2, 0) is 9.53 Å². The van der Waals surface area contributed by atoms with Gasteiger partial charge in [0.25, 0.3) is 11.8 Å². The van der Waals surface area contributed by atoms with E-state index in [1.54, 1.807) is 4.90 Å². The normalized spacial score (nSPS) is 13.6. The molecule has 2 heterocycles. The van der Waals surface area contributed by atoms with Gasteiger partial charge in [-0.3, -0.25) is 9.59 Å². The van der Waals surface area contributed by atoms with Crippen LogP contribution in [0.3, 0.4) is 0 Å². The Kier molecular flexibility index (Phi) is 6.87. The molecule has 1 aromatic heterocycles. The first-order valence-corrected chi connectivity index (χ1v) is 11.4. The summed E-state index contributed by atoms with van der Waals surface area (Å²) in [5, 5.41) is 3.47. The third-order valence-corrected chi connectivity index (χ3v) is 6.60. The van der Waals surface area contributed by atoms with Crippen molar-refractivity contribution in [2.24, 2.45) is 0 Å². The van der Waals surface area contributed by atoms with Crippen LogP contribution in [0.2, 0.25) is 0 Å². The molecule has 6 nitrogen and oxygen atoms in total. The highest BCUT2D eigenvalue weighted by Gasteiger charge is 2.28. The van der Waals surface area contributed by atoms with Gasteiger partial charge in [0.05, 0.1) is 18.8 Å². The number of ether oxygens (including phenoxy) is 2. The molecule has 32 heavy (non-hydrogen) atoms. The summed E-state index contributed by atoms with van der Waals surface area (Å²) >= 11 is 1.42. The molecular weight excluding hydrogens is 424 g/mol. The zero-order valence-corrected chi connectivity index (χ0v) is 19.0. The molecule has 0 unspecified atom stereocenters. The van der Waals surface area contributed by atoms with Crippen LogP contribution in [-0.4, -0.2) is 49.6 Å². The van der Waals surface area contributed by atoms with Gasteiger partial charge in [-0.2, -0.15) is 0 Å². The molecular formula is C25H26N2O4S. The molecule has 2 amide bonds. The number of thiophene rings is 1. The van der Waals surface area contributed by atoms with Crippen LogP contribution >= 0.6 is 11.3 Å². The van der Waals surface area contributed by atoms with Crippen molar-refractivity contribution in [3.8, 4) is 16.2 Å². The summed E-state index contributed by atoms with van der Waals surface area (Å²) in [6.45, 7) is 5.92. The van der Waals surface area contributed by atoms with Gasteiger partial charge >= 0.3 is 0 Å². The van der Waals surface area contributed by atoms with E-state index in [0.29, 0.717) is 42.6 Å². The first-order valence-electron chi connectivity index (χ1n) is 10.6. The minimum Gasteiger partial charge on any atom is -0.484 e. The number of hydrogen-bond acceptors (Lipinski definition) is 5. The summed E-state index contributed by atoms with van der Waals surface area (Å²) in [5.74, 6) is 0.240. The maximum atomic E-state index is 13.4. The second-order valence-electron chi connectivity index (χ2n) is 7.68. The second-order valence-corrected chi connectivity index (χ2v) is 8.70. The Morgan fingerprint density at radius 1 is 1.03 bits per heavy atom. The predicted molar refractivity (Wildman–Crippen MR) is 127 cm³/mol. The SMILES string of the molecule is Cc1ccc(OCC(=O)Nc2sc(-c3ccccc3)c(C)c2C(=O)N2CCOCC2)cc1. The van der Waals surface area contributed by atoms with Crippen molar-refractivity contribution >= 4 is 28.2 Å². The van der Waals surface area contributed by atoms with Gasteiger partial charge in [-0.05, 0) is 37.1 Å². The largest absolute Gasteiger partial charge is 0.484 e. The molecule has 4 rings (SSSR count). The van der Waals surface area contributed by atoms with E-state index in [1.807, 2.05) is 68.4 Å². The molecule has 1 saturated heterocycles. The molecule has 1 aliphatic rings. The van der Waals surface area contributed by atoms with Crippen LogP contribution in [0.5, 0.6) is 5.75 Å². The van der Waals surface area contributed by atoms with E-state index in [9.17, 15) is 9.59 Å². The molecule has 7 heteroatoms. The first-order chi connectivity index (χ1) is 15.5. The van der Waals surface area contributed by atoms with Gasteiger partial charge in [0.1, 0.15) is 10.8 Å². The van der Waals surface area contributed by atoms with E-state index in [1.165, 1.54) is 11.3 Å². The van der Waals surface area contributed by atoms with E-state index in [-0.39, 0.29) is 18.4 Å². The fraction of sp³-hybridized carbons (Fsp3) is 0.280. The fourth-order valence-electron chi connectivity index (χ4n) is 3.59. The van der Waals surface area contributed by atoms with Crippen LogP contribution in [0.25, 0.3) is 10.4 Å². The highest BCUT2D eigenvalue weighted by Crippen LogP contribution is 2.40. The van der Waals surface area contributed by atoms with E-state index in [4.69, 9.17) is 9.47 Å². The van der Waals surface area contributed by atoms with Crippen molar-refractivity contribution in [2.45, 2.75) is 13.8 Å². The molecule has 166 valence electrons. The van der Waals surface area contributed by atoms with E-state index in [2.05, 4.69) is 5.32 Å². The summed E-state index contributed by atoms with van der Waals surface area (Å²) in [6, 6.07) is 17.4.